The number of methoxy groups -OCH3 is 1. The largest absolute Gasteiger partial charge is 0.508 e. The normalized spacial score (nSPS) is 10.3. The third-order valence-electron chi connectivity index (χ3n) is 1.87. The fraction of sp³-hybridized carbons (Fsp3) is 0.400. The summed E-state index contributed by atoms with van der Waals surface area (Å²) < 4.78 is 4.99. The van der Waals surface area contributed by atoms with Crippen molar-refractivity contribution in [2.45, 2.75) is 13.0 Å². The van der Waals surface area contributed by atoms with Crippen molar-refractivity contribution in [3.8, 4) is 5.75 Å². The Morgan fingerprint density at radius 1 is 1.46 bits per heavy atom. The van der Waals surface area contributed by atoms with Crippen molar-refractivity contribution in [1.82, 2.24) is 0 Å². The third-order valence-corrected chi connectivity index (χ3v) is 1.87. The second kappa shape index (κ2) is 4.84. The molecular formula is C10H15NO2. The number of rotatable bonds is 4. The highest BCUT2D eigenvalue weighted by Crippen LogP contribution is 2.18. The first-order valence-electron chi connectivity index (χ1n) is 4.27. The van der Waals surface area contributed by atoms with Crippen molar-refractivity contribution >= 4 is 0 Å². The molecule has 0 atom stereocenters. The van der Waals surface area contributed by atoms with Gasteiger partial charge in [-0.3, -0.25) is 0 Å². The lowest BCUT2D eigenvalue weighted by atomic mass is 10.1. The van der Waals surface area contributed by atoms with E-state index < -0.39 is 0 Å². The van der Waals surface area contributed by atoms with Crippen molar-refractivity contribution in [2.24, 2.45) is 5.73 Å². The minimum atomic E-state index is 0.310. The summed E-state index contributed by atoms with van der Waals surface area (Å²) in [7, 11) is 1.65. The average molecular weight is 181 g/mol. The molecule has 3 nitrogen and oxygen atoms in total. The fourth-order valence-electron chi connectivity index (χ4n) is 1.25. The van der Waals surface area contributed by atoms with E-state index in [1.165, 1.54) is 0 Å². The summed E-state index contributed by atoms with van der Waals surface area (Å²) in [6.45, 7) is 1.11. The Kier molecular flexibility index (Phi) is 3.73. The molecule has 0 unspecified atom stereocenters. The van der Waals surface area contributed by atoms with Crippen LogP contribution in [0.5, 0.6) is 5.75 Å². The minimum Gasteiger partial charge on any atom is -0.508 e. The minimum absolute atomic E-state index is 0.310. The first-order chi connectivity index (χ1) is 6.27. The van der Waals surface area contributed by atoms with E-state index >= 15 is 0 Å². The van der Waals surface area contributed by atoms with E-state index in [9.17, 15) is 5.11 Å². The second-order valence-electron chi connectivity index (χ2n) is 2.93. The maximum atomic E-state index is 9.44. The van der Waals surface area contributed by atoms with Gasteiger partial charge in [0.25, 0.3) is 0 Å². The molecule has 0 radical (unpaired) electrons. The van der Waals surface area contributed by atoms with Gasteiger partial charge in [0.1, 0.15) is 5.75 Å². The number of hydrogen-bond donors (Lipinski definition) is 2. The Morgan fingerprint density at radius 2 is 2.23 bits per heavy atom. The lowest BCUT2D eigenvalue weighted by Gasteiger charge is -2.05. The number of ether oxygens (including phenoxy) is 1. The fourth-order valence-corrected chi connectivity index (χ4v) is 1.25. The van der Waals surface area contributed by atoms with E-state index in [1.807, 2.05) is 12.1 Å². The van der Waals surface area contributed by atoms with Gasteiger partial charge in [-0.05, 0) is 36.2 Å². The first kappa shape index (κ1) is 10.0. The Morgan fingerprint density at radius 3 is 2.85 bits per heavy atom. The highest BCUT2D eigenvalue weighted by molar-refractivity contribution is 5.36. The van der Waals surface area contributed by atoms with Crippen LogP contribution < -0.4 is 5.73 Å². The van der Waals surface area contributed by atoms with Crippen LogP contribution in [0.25, 0.3) is 0 Å². The first-order valence-corrected chi connectivity index (χ1v) is 4.27. The molecule has 3 N–H and O–H groups in total. The number of benzene rings is 1. The van der Waals surface area contributed by atoms with Crippen LogP contribution in [0.1, 0.15) is 11.1 Å². The van der Waals surface area contributed by atoms with E-state index in [0.29, 0.717) is 25.3 Å². The van der Waals surface area contributed by atoms with Gasteiger partial charge in [0.05, 0.1) is 6.61 Å². The molecule has 0 aliphatic carbocycles. The van der Waals surface area contributed by atoms with Crippen LogP contribution in [0.4, 0.5) is 0 Å². The molecule has 0 heterocycles. The van der Waals surface area contributed by atoms with Crippen LogP contribution in [0.3, 0.4) is 0 Å². The lowest BCUT2D eigenvalue weighted by molar-refractivity contribution is 0.185. The van der Waals surface area contributed by atoms with E-state index in [0.717, 1.165) is 11.1 Å². The Labute approximate surface area is 78.1 Å². The summed E-state index contributed by atoms with van der Waals surface area (Å²) in [5, 5.41) is 9.44. The molecule has 1 rings (SSSR count). The van der Waals surface area contributed by atoms with Gasteiger partial charge in [0.15, 0.2) is 0 Å². The number of nitrogens with two attached hydrogens (primary N) is 1. The predicted octanol–water partition coefficient (Wildman–Crippen LogP) is 1.04. The second-order valence-corrected chi connectivity index (χ2v) is 2.93. The zero-order valence-corrected chi connectivity index (χ0v) is 7.79. The van der Waals surface area contributed by atoms with Crippen molar-refractivity contribution in [3.05, 3.63) is 29.3 Å². The highest BCUT2D eigenvalue weighted by atomic mass is 16.5. The van der Waals surface area contributed by atoms with E-state index in [-0.39, 0.29) is 0 Å². The molecule has 0 saturated heterocycles. The van der Waals surface area contributed by atoms with Gasteiger partial charge in [0, 0.05) is 7.11 Å². The van der Waals surface area contributed by atoms with Crippen LogP contribution in [-0.4, -0.2) is 18.8 Å². The van der Waals surface area contributed by atoms with Crippen LogP contribution in [0.15, 0.2) is 18.2 Å². The summed E-state index contributed by atoms with van der Waals surface area (Å²) in [4.78, 5) is 0. The zero-order chi connectivity index (χ0) is 9.68. The number of phenols is 1. The average Bonchev–Trinajstić information content (AvgIpc) is 2.12. The summed E-state index contributed by atoms with van der Waals surface area (Å²) >= 11 is 0. The van der Waals surface area contributed by atoms with Crippen molar-refractivity contribution in [2.75, 3.05) is 13.7 Å². The van der Waals surface area contributed by atoms with Gasteiger partial charge < -0.3 is 15.6 Å². The van der Waals surface area contributed by atoms with Gasteiger partial charge in [-0.25, -0.2) is 0 Å². The maximum Gasteiger partial charge on any atom is 0.118 e. The summed E-state index contributed by atoms with van der Waals surface area (Å²) in [5.74, 6) is 0.310. The number of hydrogen-bond acceptors (Lipinski definition) is 3. The summed E-state index contributed by atoms with van der Waals surface area (Å²) in [6.07, 6.45) is 0.698. The molecule has 0 aromatic heterocycles. The molecule has 0 saturated carbocycles. The van der Waals surface area contributed by atoms with Crippen molar-refractivity contribution < 1.29 is 9.84 Å². The topological polar surface area (TPSA) is 55.5 Å². The van der Waals surface area contributed by atoms with Crippen molar-refractivity contribution in [1.29, 1.82) is 0 Å². The molecule has 0 fully saturated rings. The highest BCUT2D eigenvalue weighted by Gasteiger charge is 2.01. The molecule has 1 aromatic carbocycles. The Balaban J connectivity index is 2.83. The molecule has 0 spiro atoms. The van der Waals surface area contributed by atoms with Gasteiger partial charge >= 0.3 is 0 Å². The van der Waals surface area contributed by atoms with E-state index in [4.69, 9.17) is 10.5 Å². The quantitative estimate of drug-likeness (QED) is 0.729. The molecule has 1 aromatic rings. The van der Waals surface area contributed by atoms with Crippen LogP contribution in [0.2, 0.25) is 0 Å². The predicted molar refractivity (Wildman–Crippen MR) is 51.6 cm³/mol. The van der Waals surface area contributed by atoms with Gasteiger partial charge in [-0.15, -0.1) is 0 Å². The monoisotopic (exact) mass is 181 g/mol. The van der Waals surface area contributed by atoms with Crippen LogP contribution in [-0.2, 0) is 17.8 Å². The molecule has 0 aliphatic heterocycles. The van der Waals surface area contributed by atoms with Crippen molar-refractivity contribution in [3.63, 3.8) is 0 Å². The number of aromatic hydroxyl groups is 1. The molecule has 0 bridgehead atoms. The molecule has 72 valence electrons. The molecule has 13 heavy (non-hydrogen) atoms. The summed E-state index contributed by atoms with van der Waals surface area (Å²) in [5.41, 5.74) is 7.36. The number of phenolic OH excluding ortho intramolecular Hbond substituents is 1. The summed E-state index contributed by atoms with van der Waals surface area (Å²) in [6, 6.07) is 5.45. The Bertz CT molecular complexity index is 274. The zero-order valence-electron chi connectivity index (χ0n) is 7.79. The smallest absolute Gasteiger partial charge is 0.118 e. The molecule has 3 heteroatoms. The molecule has 0 amide bonds. The standard InChI is InChI=1S/C10H15NO2/c1-13-7-8-2-3-10(12)9(6-8)4-5-11/h2-3,6,12H,4-5,7,11H2,1H3. The third kappa shape index (κ3) is 2.72. The SMILES string of the molecule is COCc1ccc(O)c(CCN)c1. The van der Waals surface area contributed by atoms with Crippen LogP contribution >= 0.6 is 0 Å². The van der Waals surface area contributed by atoms with E-state index in [1.54, 1.807) is 13.2 Å². The maximum absolute atomic E-state index is 9.44. The van der Waals surface area contributed by atoms with Gasteiger partial charge in [0.2, 0.25) is 0 Å². The van der Waals surface area contributed by atoms with Gasteiger partial charge in [-0.1, -0.05) is 6.07 Å². The molecule has 0 aliphatic rings. The molecular weight excluding hydrogens is 166 g/mol. The Hall–Kier alpha value is -1.06. The van der Waals surface area contributed by atoms with Gasteiger partial charge in [-0.2, -0.15) is 0 Å². The van der Waals surface area contributed by atoms with E-state index in [2.05, 4.69) is 0 Å². The van der Waals surface area contributed by atoms with Crippen LogP contribution in [0, 0.1) is 0 Å². The lowest BCUT2D eigenvalue weighted by Crippen LogP contribution is -2.03.